The van der Waals surface area contributed by atoms with Crippen molar-refractivity contribution in [2.75, 3.05) is 0 Å². The van der Waals surface area contributed by atoms with Gasteiger partial charge in [-0.25, -0.2) is 0 Å². The minimum Gasteiger partial charge on any atom is -0.366 e. The Bertz CT molecular complexity index is 202. The largest absolute Gasteiger partial charge is 0.366 e. The van der Waals surface area contributed by atoms with Crippen LogP contribution >= 0.6 is 0 Å². The van der Waals surface area contributed by atoms with Crippen LogP contribution < -0.4 is 5.73 Å². The highest BCUT2D eigenvalue weighted by Gasteiger charge is 1.98. The number of amides is 1. The smallest absolute Gasteiger partial charge is 0.244 e. The third kappa shape index (κ3) is 4.14. The van der Waals surface area contributed by atoms with Crippen molar-refractivity contribution in [2.24, 2.45) is 5.73 Å². The summed E-state index contributed by atoms with van der Waals surface area (Å²) in [6.45, 7) is 5.40. The highest BCUT2D eigenvalue weighted by Crippen LogP contribution is 2.00. The Hall–Kier alpha value is -1.31. The van der Waals surface area contributed by atoms with E-state index in [0.29, 0.717) is 12.0 Å². The van der Waals surface area contributed by atoms with Gasteiger partial charge in [0, 0.05) is 5.57 Å². The van der Waals surface area contributed by atoms with E-state index in [0.717, 1.165) is 0 Å². The summed E-state index contributed by atoms with van der Waals surface area (Å²) >= 11 is 0. The molecule has 0 fully saturated rings. The maximum Gasteiger partial charge on any atom is 0.244 e. The second-order valence-electron chi connectivity index (χ2n) is 2.07. The summed E-state index contributed by atoms with van der Waals surface area (Å²) in [6.07, 6.45) is 7.50. The normalized spacial score (nSPS) is 11.9. The monoisotopic (exact) mass is 151 g/mol. The fourth-order valence-corrected chi connectivity index (χ4v) is 0.619. The zero-order valence-electron chi connectivity index (χ0n) is 6.71. The second kappa shape index (κ2) is 5.47. The van der Waals surface area contributed by atoms with Crippen LogP contribution in [0.25, 0.3) is 0 Å². The molecular formula is C9H13NO. The molecule has 2 N–H and O–H groups in total. The SMILES string of the molecule is C=CCC(=CC=CC)C(N)=O. The highest BCUT2D eigenvalue weighted by molar-refractivity contribution is 5.92. The van der Waals surface area contributed by atoms with Gasteiger partial charge in [0.05, 0.1) is 0 Å². The number of hydrogen-bond donors (Lipinski definition) is 1. The summed E-state index contributed by atoms with van der Waals surface area (Å²) in [6, 6.07) is 0. The van der Waals surface area contributed by atoms with Crippen LogP contribution in [0.5, 0.6) is 0 Å². The molecule has 0 unspecified atom stereocenters. The maximum absolute atomic E-state index is 10.7. The van der Waals surface area contributed by atoms with Crippen LogP contribution in [0.4, 0.5) is 0 Å². The van der Waals surface area contributed by atoms with Crippen molar-refractivity contribution in [2.45, 2.75) is 13.3 Å². The molecule has 0 aromatic rings. The molecule has 0 saturated heterocycles. The first-order chi connectivity index (χ1) is 5.22. The standard InChI is InChI=1S/C9H13NO/c1-3-5-7-8(6-4-2)9(10)11/h3-5,7H,2,6H2,1H3,(H2,10,11). The minimum atomic E-state index is -0.386. The molecule has 0 bridgehead atoms. The highest BCUT2D eigenvalue weighted by atomic mass is 16.1. The van der Waals surface area contributed by atoms with Crippen LogP contribution in [0.15, 0.2) is 36.5 Å². The van der Waals surface area contributed by atoms with Gasteiger partial charge in [0.15, 0.2) is 0 Å². The molecule has 0 aliphatic heterocycles. The van der Waals surface area contributed by atoms with E-state index in [1.165, 1.54) is 0 Å². The van der Waals surface area contributed by atoms with Crippen molar-refractivity contribution in [3.63, 3.8) is 0 Å². The Morgan fingerprint density at radius 3 is 2.64 bits per heavy atom. The molecule has 2 heteroatoms. The first kappa shape index (κ1) is 9.69. The Kier molecular flexibility index (Phi) is 4.82. The third-order valence-corrected chi connectivity index (χ3v) is 1.17. The van der Waals surface area contributed by atoms with E-state index in [2.05, 4.69) is 6.58 Å². The average molecular weight is 151 g/mol. The number of carbonyl (C=O) groups is 1. The summed E-state index contributed by atoms with van der Waals surface area (Å²) < 4.78 is 0. The van der Waals surface area contributed by atoms with Gasteiger partial charge in [-0.2, -0.15) is 0 Å². The molecule has 11 heavy (non-hydrogen) atoms. The molecule has 0 rings (SSSR count). The van der Waals surface area contributed by atoms with Crippen LogP contribution in [0.2, 0.25) is 0 Å². The first-order valence-electron chi connectivity index (χ1n) is 3.45. The van der Waals surface area contributed by atoms with Gasteiger partial charge in [0.25, 0.3) is 0 Å². The molecule has 0 atom stereocenters. The number of nitrogens with two attached hydrogens (primary N) is 1. The van der Waals surface area contributed by atoms with Gasteiger partial charge < -0.3 is 5.73 Å². The predicted octanol–water partition coefficient (Wildman–Crippen LogP) is 1.55. The van der Waals surface area contributed by atoms with Crippen molar-refractivity contribution >= 4 is 5.91 Å². The number of allylic oxidation sites excluding steroid dienone is 4. The number of primary amides is 1. The molecule has 0 radical (unpaired) electrons. The first-order valence-corrected chi connectivity index (χ1v) is 3.45. The summed E-state index contributed by atoms with van der Waals surface area (Å²) in [4.78, 5) is 10.7. The summed E-state index contributed by atoms with van der Waals surface area (Å²) in [7, 11) is 0. The molecule has 0 aliphatic carbocycles. The van der Waals surface area contributed by atoms with Gasteiger partial charge in [0.2, 0.25) is 5.91 Å². The topological polar surface area (TPSA) is 43.1 Å². The van der Waals surface area contributed by atoms with Crippen molar-refractivity contribution in [3.8, 4) is 0 Å². The van der Waals surface area contributed by atoms with Gasteiger partial charge in [0.1, 0.15) is 0 Å². The lowest BCUT2D eigenvalue weighted by Crippen LogP contribution is -2.13. The predicted molar refractivity (Wildman–Crippen MR) is 46.9 cm³/mol. The Morgan fingerprint density at radius 2 is 2.27 bits per heavy atom. The fourth-order valence-electron chi connectivity index (χ4n) is 0.619. The lowest BCUT2D eigenvalue weighted by molar-refractivity contribution is -0.114. The van der Waals surface area contributed by atoms with Gasteiger partial charge in [-0.3, -0.25) is 4.79 Å². The van der Waals surface area contributed by atoms with E-state index in [1.807, 2.05) is 13.0 Å². The Labute approximate surface area is 67.1 Å². The lowest BCUT2D eigenvalue weighted by Gasteiger charge is -1.94. The maximum atomic E-state index is 10.7. The van der Waals surface area contributed by atoms with Gasteiger partial charge in [-0.05, 0) is 13.3 Å². The van der Waals surface area contributed by atoms with E-state index < -0.39 is 0 Å². The molecule has 1 amide bonds. The van der Waals surface area contributed by atoms with Crippen LogP contribution in [0.1, 0.15) is 13.3 Å². The number of carbonyl (C=O) groups excluding carboxylic acids is 1. The van der Waals surface area contributed by atoms with Crippen LogP contribution in [-0.2, 0) is 4.79 Å². The summed E-state index contributed by atoms with van der Waals surface area (Å²) in [5.74, 6) is -0.386. The average Bonchev–Trinajstić information content (AvgIpc) is 1.97. The molecule has 0 aromatic heterocycles. The van der Waals surface area contributed by atoms with E-state index in [1.54, 1.807) is 18.2 Å². The van der Waals surface area contributed by atoms with Gasteiger partial charge in [-0.1, -0.05) is 24.3 Å². The van der Waals surface area contributed by atoms with Crippen LogP contribution in [0.3, 0.4) is 0 Å². The van der Waals surface area contributed by atoms with Crippen LogP contribution in [-0.4, -0.2) is 5.91 Å². The van der Waals surface area contributed by atoms with E-state index >= 15 is 0 Å². The summed E-state index contributed by atoms with van der Waals surface area (Å²) in [5.41, 5.74) is 5.66. The van der Waals surface area contributed by atoms with Crippen LogP contribution in [0, 0.1) is 0 Å². The molecule has 60 valence electrons. The zero-order chi connectivity index (χ0) is 8.69. The third-order valence-electron chi connectivity index (χ3n) is 1.17. The molecule has 0 saturated carbocycles. The molecular weight excluding hydrogens is 138 g/mol. The molecule has 0 spiro atoms. The van der Waals surface area contributed by atoms with Gasteiger partial charge in [-0.15, -0.1) is 6.58 Å². The van der Waals surface area contributed by atoms with Crippen molar-refractivity contribution in [3.05, 3.63) is 36.5 Å². The molecule has 0 aromatic carbocycles. The van der Waals surface area contributed by atoms with E-state index in [4.69, 9.17) is 5.73 Å². The lowest BCUT2D eigenvalue weighted by atomic mass is 10.1. The van der Waals surface area contributed by atoms with Gasteiger partial charge >= 0.3 is 0 Å². The molecule has 2 nitrogen and oxygen atoms in total. The number of rotatable bonds is 4. The fraction of sp³-hybridized carbons (Fsp3) is 0.222. The zero-order valence-corrected chi connectivity index (χ0v) is 6.71. The molecule has 0 aliphatic rings. The quantitative estimate of drug-likeness (QED) is 0.370. The van der Waals surface area contributed by atoms with Crippen molar-refractivity contribution in [1.82, 2.24) is 0 Å². The van der Waals surface area contributed by atoms with Crippen molar-refractivity contribution in [1.29, 1.82) is 0 Å². The Morgan fingerprint density at radius 1 is 1.64 bits per heavy atom. The van der Waals surface area contributed by atoms with E-state index in [9.17, 15) is 4.79 Å². The summed E-state index contributed by atoms with van der Waals surface area (Å²) in [5, 5.41) is 0. The Balaban J connectivity index is 4.31. The molecule has 0 heterocycles. The van der Waals surface area contributed by atoms with Crippen molar-refractivity contribution < 1.29 is 4.79 Å². The second-order valence-corrected chi connectivity index (χ2v) is 2.07. The minimum absolute atomic E-state index is 0.386. The van der Waals surface area contributed by atoms with E-state index in [-0.39, 0.29) is 5.91 Å². The number of hydrogen-bond acceptors (Lipinski definition) is 1.